The molecular formula is C16H17ClN2O. The number of benzene rings is 2. The first-order chi connectivity index (χ1) is 9.70. The van der Waals surface area contributed by atoms with Crippen molar-refractivity contribution in [2.24, 2.45) is 0 Å². The highest BCUT2D eigenvalue weighted by atomic mass is 35.5. The van der Waals surface area contributed by atoms with Crippen LogP contribution in [0.4, 0.5) is 5.69 Å². The Morgan fingerprint density at radius 3 is 2.80 bits per heavy atom. The first-order valence-corrected chi connectivity index (χ1v) is 7.06. The van der Waals surface area contributed by atoms with E-state index in [1.807, 2.05) is 30.3 Å². The molecule has 104 valence electrons. The molecule has 0 amide bonds. The average Bonchev–Trinajstić information content (AvgIpc) is 2.80. The molecule has 0 aliphatic carbocycles. The number of anilines is 1. The average molecular weight is 289 g/mol. The number of fused-ring (bicyclic) bond motifs is 1. The zero-order chi connectivity index (χ0) is 13.9. The van der Waals surface area contributed by atoms with E-state index in [0.717, 1.165) is 36.1 Å². The zero-order valence-electron chi connectivity index (χ0n) is 11.2. The summed E-state index contributed by atoms with van der Waals surface area (Å²) in [5, 5.41) is 0.807. The molecule has 0 saturated carbocycles. The normalized spacial score (nSPS) is 14.2. The summed E-state index contributed by atoms with van der Waals surface area (Å²) >= 11 is 6.02. The highest BCUT2D eigenvalue weighted by molar-refractivity contribution is 6.30. The molecule has 3 rings (SSSR count). The van der Waals surface area contributed by atoms with Gasteiger partial charge in [0.1, 0.15) is 12.4 Å². The molecule has 0 aromatic heterocycles. The lowest BCUT2D eigenvalue weighted by Crippen LogP contribution is -2.22. The van der Waals surface area contributed by atoms with Gasteiger partial charge in [-0.3, -0.25) is 4.90 Å². The molecule has 3 nitrogen and oxygen atoms in total. The smallest absolute Gasteiger partial charge is 0.121 e. The first-order valence-electron chi connectivity index (χ1n) is 6.69. The van der Waals surface area contributed by atoms with Crippen molar-refractivity contribution in [2.45, 2.75) is 13.1 Å². The topological polar surface area (TPSA) is 38.5 Å². The van der Waals surface area contributed by atoms with Crippen LogP contribution in [0.25, 0.3) is 0 Å². The molecule has 0 bridgehead atoms. The standard InChI is InChI=1S/C16H17ClN2O/c17-14-5-4-12-10-19(11-13(12)8-14)6-7-20-16-3-1-2-15(18)9-16/h1-5,8-9H,6-7,10-11,18H2. The monoisotopic (exact) mass is 288 g/mol. The number of halogens is 1. The molecule has 0 atom stereocenters. The van der Waals surface area contributed by atoms with Crippen molar-refractivity contribution >= 4 is 17.3 Å². The summed E-state index contributed by atoms with van der Waals surface area (Å²) in [4.78, 5) is 2.35. The van der Waals surface area contributed by atoms with Gasteiger partial charge >= 0.3 is 0 Å². The Kier molecular flexibility index (Phi) is 3.81. The minimum atomic E-state index is 0.658. The van der Waals surface area contributed by atoms with Gasteiger partial charge in [-0.2, -0.15) is 0 Å². The summed E-state index contributed by atoms with van der Waals surface area (Å²) in [6.07, 6.45) is 0. The number of hydrogen-bond acceptors (Lipinski definition) is 3. The van der Waals surface area contributed by atoms with E-state index in [0.29, 0.717) is 6.61 Å². The van der Waals surface area contributed by atoms with E-state index >= 15 is 0 Å². The summed E-state index contributed by atoms with van der Waals surface area (Å²) in [6.45, 7) is 3.45. The van der Waals surface area contributed by atoms with Crippen LogP contribution < -0.4 is 10.5 Å². The second-order valence-electron chi connectivity index (χ2n) is 5.04. The minimum Gasteiger partial charge on any atom is -0.492 e. The van der Waals surface area contributed by atoms with Crippen molar-refractivity contribution in [2.75, 3.05) is 18.9 Å². The molecule has 0 saturated heterocycles. The number of ether oxygens (including phenoxy) is 1. The van der Waals surface area contributed by atoms with Gasteiger partial charge in [-0.1, -0.05) is 23.7 Å². The quantitative estimate of drug-likeness (QED) is 0.877. The molecule has 0 spiro atoms. The third-order valence-electron chi connectivity index (χ3n) is 3.49. The van der Waals surface area contributed by atoms with Gasteiger partial charge in [0.2, 0.25) is 0 Å². The van der Waals surface area contributed by atoms with Gasteiger partial charge in [-0.05, 0) is 35.4 Å². The van der Waals surface area contributed by atoms with Crippen LogP contribution in [0.5, 0.6) is 5.75 Å². The summed E-state index contributed by atoms with van der Waals surface area (Å²) in [5.41, 5.74) is 9.13. The number of nitrogen functional groups attached to an aromatic ring is 1. The van der Waals surface area contributed by atoms with Gasteiger partial charge in [-0.25, -0.2) is 0 Å². The fourth-order valence-electron chi connectivity index (χ4n) is 2.49. The molecule has 1 aliphatic rings. The van der Waals surface area contributed by atoms with Crippen molar-refractivity contribution in [3.63, 3.8) is 0 Å². The van der Waals surface area contributed by atoms with Crippen molar-refractivity contribution in [3.05, 3.63) is 58.6 Å². The minimum absolute atomic E-state index is 0.658. The van der Waals surface area contributed by atoms with Gasteiger partial charge in [0.05, 0.1) is 0 Å². The van der Waals surface area contributed by atoms with Crippen molar-refractivity contribution < 1.29 is 4.74 Å². The summed E-state index contributed by atoms with van der Waals surface area (Å²) < 4.78 is 5.72. The fraction of sp³-hybridized carbons (Fsp3) is 0.250. The Labute approximate surface area is 123 Å². The van der Waals surface area contributed by atoms with Crippen LogP contribution in [0.1, 0.15) is 11.1 Å². The highest BCUT2D eigenvalue weighted by Gasteiger charge is 2.18. The second-order valence-corrected chi connectivity index (χ2v) is 5.48. The van der Waals surface area contributed by atoms with E-state index in [1.54, 1.807) is 0 Å². The van der Waals surface area contributed by atoms with E-state index in [2.05, 4.69) is 17.0 Å². The predicted octanol–water partition coefficient (Wildman–Crippen LogP) is 3.32. The molecule has 0 fully saturated rings. The van der Waals surface area contributed by atoms with Crippen LogP contribution in [0.15, 0.2) is 42.5 Å². The fourth-order valence-corrected chi connectivity index (χ4v) is 2.68. The molecular weight excluding hydrogens is 272 g/mol. The molecule has 0 radical (unpaired) electrons. The summed E-state index contributed by atoms with van der Waals surface area (Å²) in [5.74, 6) is 0.824. The summed E-state index contributed by atoms with van der Waals surface area (Å²) in [6, 6.07) is 13.6. The van der Waals surface area contributed by atoms with E-state index in [-0.39, 0.29) is 0 Å². The third-order valence-corrected chi connectivity index (χ3v) is 3.73. The van der Waals surface area contributed by atoms with Crippen LogP contribution in [0.3, 0.4) is 0 Å². The van der Waals surface area contributed by atoms with Crippen LogP contribution in [-0.4, -0.2) is 18.1 Å². The summed E-state index contributed by atoms with van der Waals surface area (Å²) in [7, 11) is 0. The van der Waals surface area contributed by atoms with E-state index in [4.69, 9.17) is 22.1 Å². The molecule has 4 heteroatoms. The van der Waals surface area contributed by atoms with Crippen molar-refractivity contribution in [1.82, 2.24) is 4.90 Å². The lowest BCUT2D eigenvalue weighted by molar-refractivity contribution is 0.211. The Hall–Kier alpha value is -1.71. The number of nitrogens with zero attached hydrogens (tertiary/aromatic N) is 1. The molecule has 0 unspecified atom stereocenters. The molecule has 20 heavy (non-hydrogen) atoms. The Morgan fingerprint density at radius 1 is 1.10 bits per heavy atom. The number of rotatable bonds is 4. The predicted molar refractivity (Wildman–Crippen MR) is 81.9 cm³/mol. The highest BCUT2D eigenvalue weighted by Crippen LogP contribution is 2.25. The van der Waals surface area contributed by atoms with Gasteiger partial charge in [0, 0.05) is 36.4 Å². The van der Waals surface area contributed by atoms with E-state index in [1.165, 1.54) is 11.1 Å². The van der Waals surface area contributed by atoms with Crippen LogP contribution in [0, 0.1) is 0 Å². The van der Waals surface area contributed by atoms with Crippen LogP contribution in [-0.2, 0) is 13.1 Å². The van der Waals surface area contributed by atoms with Crippen LogP contribution in [0.2, 0.25) is 5.02 Å². The Morgan fingerprint density at radius 2 is 1.95 bits per heavy atom. The SMILES string of the molecule is Nc1cccc(OCCN2Cc3ccc(Cl)cc3C2)c1. The maximum absolute atomic E-state index is 6.02. The maximum atomic E-state index is 6.02. The first kappa shape index (κ1) is 13.3. The van der Waals surface area contributed by atoms with E-state index in [9.17, 15) is 0 Å². The van der Waals surface area contributed by atoms with Gasteiger partial charge in [-0.15, -0.1) is 0 Å². The van der Waals surface area contributed by atoms with E-state index < -0.39 is 0 Å². The molecule has 1 heterocycles. The Balaban J connectivity index is 1.51. The van der Waals surface area contributed by atoms with Crippen LogP contribution >= 0.6 is 11.6 Å². The van der Waals surface area contributed by atoms with Gasteiger partial charge < -0.3 is 10.5 Å². The second kappa shape index (κ2) is 5.73. The number of hydrogen-bond donors (Lipinski definition) is 1. The lowest BCUT2D eigenvalue weighted by Gasteiger charge is -2.15. The third kappa shape index (κ3) is 3.06. The molecule has 2 aromatic rings. The number of nitrogens with two attached hydrogens (primary N) is 1. The molecule has 1 aliphatic heterocycles. The van der Waals surface area contributed by atoms with Gasteiger partial charge in [0.15, 0.2) is 0 Å². The molecule has 2 N–H and O–H groups in total. The molecule has 2 aromatic carbocycles. The van der Waals surface area contributed by atoms with Gasteiger partial charge in [0.25, 0.3) is 0 Å². The zero-order valence-corrected chi connectivity index (χ0v) is 11.9. The Bertz CT molecular complexity index is 615. The lowest BCUT2D eigenvalue weighted by atomic mass is 10.1. The van der Waals surface area contributed by atoms with Crippen molar-refractivity contribution in [3.8, 4) is 5.75 Å². The largest absolute Gasteiger partial charge is 0.492 e. The van der Waals surface area contributed by atoms with Crippen molar-refractivity contribution in [1.29, 1.82) is 0 Å². The maximum Gasteiger partial charge on any atom is 0.121 e.